The summed E-state index contributed by atoms with van der Waals surface area (Å²) in [6.45, 7) is 0.193. The minimum atomic E-state index is -0.958. The van der Waals surface area contributed by atoms with Gasteiger partial charge < -0.3 is 21.3 Å². The Morgan fingerprint density at radius 1 is 1.30 bits per heavy atom. The molecule has 23 heavy (non-hydrogen) atoms. The van der Waals surface area contributed by atoms with Crippen molar-refractivity contribution in [3.63, 3.8) is 0 Å². The molecule has 1 atom stereocenters. The van der Waals surface area contributed by atoms with Crippen LogP contribution in [0.25, 0.3) is 0 Å². The van der Waals surface area contributed by atoms with E-state index in [4.69, 9.17) is 5.73 Å². The van der Waals surface area contributed by atoms with Crippen LogP contribution in [0.3, 0.4) is 0 Å². The van der Waals surface area contributed by atoms with Gasteiger partial charge in [0, 0.05) is 13.0 Å². The van der Waals surface area contributed by atoms with E-state index in [1.165, 1.54) is 17.0 Å². The maximum atomic E-state index is 13.8. The van der Waals surface area contributed by atoms with E-state index >= 15 is 0 Å². The Morgan fingerprint density at radius 2 is 2.00 bits per heavy atom. The molecule has 1 heterocycles. The van der Waals surface area contributed by atoms with Gasteiger partial charge in [-0.25, -0.2) is 9.18 Å². The van der Waals surface area contributed by atoms with Crippen LogP contribution in [0.2, 0.25) is 0 Å². The second-order valence-corrected chi connectivity index (χ2v) is 5.90. The smallest absolute Gasteiger partial charge is 0.313 e. The first kappa shape index (κ1) is 15.3. The number of nitrogens with zero attached hydrogens (tertiary/aromatic N) is 1. The van der Waals surface area contributed by atoms with E-state index in [9.17, 15) is 18.8 Å². The molecule has 1 saturated heterocycles. The summed E-state index contributed by atoms with van der Waals surface area (Å²) >= 11 is 0. The molecule has 0 bridgehead atoms. The number of hydrogen-bond donors (Lipinski definition) is 3. The highest BCUT2D eigenvalue weighted by molar-refractivity contribution is 5.98. The molecule has 2 aliphatic rings. The number of anilines is 1. The quantitative estimate of drug-likeness (QED) is 0.740. The zero-order chi connectivity index (χ0) is 16.6. The number of rotatable bonds is 4. The van der Waals surface area contributed by atoms with Gasteiger partial charge in [-0.15, -0.1) is 0 Å². The van der Waals surface area contributed by atoms with Crippen molar-refractivity contribution in [3.05, 3.63) is 30.1 Å². The van der Waals surface area contributed by atoms with E-state index in [1.807, 2.05) is 0 Å². The van der Waals surface area contributed by atoms with Crippen LogP contribution in [-0.2, 0) is 9.59 Å². The average molecular weight is 320 g/mol. The summed E-state index contributed by atoms with van der Waals surface area (Å²) in [6, 6.07) is 4.81. The Kier molecular flexibility index (Phi) is 3.67. The van der Waals surface area contributed by atoms with E-state index < -0.39 is 23.4 Å². The molecule has 1 unspecified atom stereocenters. The van der Waals surface area contributed by atoms with E-state index in [-0.39, 0.29) is 30.5 Å². The van der Waals surface area contributed by atoms with Crippen molar-refractivity contribution in [1.82, 2.24) is 10.6 Å². The molecule has 0 aromatic heterocycles. The zero-order valence-electron chi connectivity index (χ0n) is 12.3. The second-order valence-electron chi connectivity index (χ2n) is 5.90. The molecule has 2 fully saturated rings. The fourth-order valence-electron chi connectivity index (χ4n) is 2.80. The van der Waals surface area contributed by atoms with Gasteiger partial charge in [0.1, 0.15) is 11.4 Å². The normalized spacial score (nSPS) is 21.9. The number of carbonyl (C=O) groups is 3. The van der Waals surface area contributed by atoms with Gasteiger partial charge in [-0.1, -0.05) is 12.1 Å². The third-order valence-corrected chi connectivity index (χ3v) is 4.15. The molecular weight excluding hydrogens is 303 g/mol. The topological polar surface area (TPSA) is 105 Å². The molecule has 1 aliphatic carbocycles. The van der Waals surface area contributed by atoms with Gasteiger partial charge in [0.05, 0.1) is 11.7 Å². The monoisotopic (exact) mass is 320 g/mol. The lowest BCUT2D eigenvalue weighted by Gasteiger charge is -2.20. The maximum absolute atomic E-state index is 13.8. The zero-order valence-corrected chi connectivity index (χ0v) is 12.3. The van der Waals surface area contributed by atoms with Crippen molar-refractivity contribution in [1.29, 1.82) is 0 Å². The van der Waals surface area contributed by atoms with Gasteiger partial charge in [-0.2, -0.15) is 0 Å². The molecule has 1 saturated carbocycles. The van der Waals surface area contributed by atoms with E-state index in [0.29, 0.717) is 12.8 Å². The van der Waals surface area contributed by atoms with Gasteiger partial charge in [-0.3, -0.25) is 9.59 Å². The van der Waals surface area contributed by atoms with Gasteiger partial charge >= 0.3 is 6.03 Å². The number of hydrogen-bond acceptors (Lipinski definition) is 3. The largest absolute Gasteiger partial charge is 0.352 e. The molecule has 3 rings (SSSR count). The summed E-state index contributed by atoms with van der Waals surface area (Å²) < 4.78 is 13.8. The first-order chi connectivity index (χ1) is 10.9. The highest BCUT2D eigenvalue weighted by Gasteiger charge is 2.52. The first-order valence-corrected chi connectivity index (χ1v) is 7.35. The summed E-state index contributed by atoms with van der Waals surface area (Å²) in [5.41, 5.74) is 4.31. The van der Waals surface area contributed by atoms with Crippen LogP contribution in [0.15, 0.2) is 24.3 Å². The van der Waals surface area contributed by atoms with Crippen molar-refractivity contribution >= 4 is 23.5 Å². The summed E-state index contributed by atoms with van der Waals surface area (Å²) in [6.07, 6.45) is 1.12. The summed E-state index contributed by atoms with van der Waals surface area (Å²) in [7, 11) is 0. The third kappa shape index (κ3) is 2.96. The van der Waals surface area contributed by atoms with Gasteiger partial charge in [0.2, 0.25) is 11.8 Å². The van der Waals surface area contributed by atoms with E-state index in [2.05, 4.69) is 10.6 Å². The number of urea groups is 1. The molecule has 0 radical (unpaired) electrons. The SMILES string of the molecule is NC(=O)NC1(C(=O)NC2CC(=O)N(c3ccccc3F)C2)CC1. The lowest BCUT2D eigenvalue weighted by atomic mass is 10.2. The van der Waals surface area contributed by atoms with Crippen LogP contribution in [0, 0.1) is 5.82 Å². The van der Waals surface area contributed by atoms with Crippen LogP contribution in [0.4, 0.5) is 14.9 Å². The number of nitrogens with two attached hydrogens (primary N) is 1. The molecule has 4 N–H and O–H groups in total. The standard InChI is InChI=1S/C15H17FN4O3/c16-10-3-1-2-4-11(10)20-8-9(7-12(20)21)18-13(22)15(5-6-15)19-14(17)23/h1-4,9H,5-8H2,(H,18,22)(H3,17,19,23). The van der Waals surface area contributed by atoms with Crippen LogP contribution in [0.1, 0.15) is 19.3 Å². The fourth-order valence-corrected chi connectivity index (χ4v) is 2.80. The molecule has 7 nitrogen and oxygen atoms in total. The molecule has 4 amide bonds. The van der Waals surface area contributed by atoms with E-state index in [1.54, 1.807) is 12.1 Å². The third-order valence-electron chi connectivity index (χ3n) is 4.15. The molecule has 1 aliphatic heterocycles. The van der Waals surface area contributed by atoms with Crippen molar-refractivity contribution in [2.24, 2.45) is 5.73 Å². The van der Waals surface area contributed by atoms with Crippen molar-refractivity contribution in [2.45, 2.75) is 30.8 Å². The molecule has 1 aromatic carbocycles. The van der Waals surface area contributed by atoms with E-state index in [0.717, 1.165) is 0 Å². The second kappa shape index (κ2) is 5.53. The number of amides is 4. The highest BCUT2D eigenvalue weighted by atomic mass is 19.1. The minimum absolute atomic E-state index is 0.0900. The number of primary amides is 1. The lowest BCUT2D eigenvalue weighted by molar-refractivity contribution is -0.124. The Bertz CT molecular complexity index is 674. The van der Waals surface area contributed by atoms with Gasteiger partial charge in [0.25, 0.3) is 0 Å². The summed E-state index contributed by atoms with van der Waals surface area (Å²) in [4.78, 5) is 36.6. The number of para-hydroxylation sites is 1. The predicted molar refractivity (Wildman–Crippen MR) is 80.0 cm³/mol. The predicted octanol–water partition coefficient (Wildman–Crippen LogP) is 0.248. The fraction of sp³-hybridized carbons (Fsp3) is 0.400. The van der Waals surface area contributed by atoms with Crippen LogP contribution in [0.5, 0.6) is 0 Å². The number of nitrogens with one attached hydrogen (secondary N) is 2. The molecule has 122 valence electrons. The highest BCUT2D eigenvalue weighted by Crippen LogP contribution is 2.36. The Balaban J connectivity index is 1.66. The maximum Gasteiger partial charge on any atom is 0.313 e. The molecule has 8 heteroatoms. The van der Waals surface area contributed by atoms with Crippen LogP contribution >= 0.6 is 0 Å². The lowest BCUT2D eigenvalue weighted by Crippen LogP contribution is -2.53. The number of halogens is 1. The molecule has 1 aromatic rings. The Labute approximate surface area is 132 Å². The number of carbonyl (C=O) groups excluding carboxylic acids is 3. The first-order valence-electron chi connectivity index (χ1n) is 7.35. The molecule has 0 spiro atoms. The van der Waals surface area contributed by atoms with Crippen molar-refractivity contribution < 1.29 is 18.8 Å². The van der Waals surface area contributed by atoms with Crippen LogP contribution in [-0.4, -0.2) is 36.0 Å². The van der Waals surface area contributed by atoms with Gasteiger partial charge in [0.15, 0.2) is 0 Å². The van der Waals surface area contributed by atoms with Crippen molar-refractivity contribution in [2.75, 3.05) is 11.4 Å². The van der Waals surface area contributed by atoms with Crippen LogP contribution < -0.4 is 21.3 Å². The summed E-state index contributed by atoms with van der Waals surface area (Å²) in [5, 5.41) is 5.18. The van der Waals surface area contributed by atoms with Gasteiger partial charge in [-0.05, 0) is 25.0 Å². The minimum Gasteiger partial charge on any atom is -0.352 e. The summed E-state index contributed by atoms with van der Waals surface area (Å²) in [5.74, 6) is -1.10. The molecular formula is C15H17FN4O3. The Morgan fingerprint density at radius 3 is 2.61 bits per heavy atom. The van der Waals surface area contributed by atoms with Crippen molar-refractivity contribution in [3.8, 4) is 0 Å². The number of benzene rings is 1. The Hall–Kier alpha value is -2.64. The average Bonchev–Trinajstić information content (AvgIpc) is 3.16.